The van der Waals surface area contributed by atoms with Gasteiger partial charge in [-0.3, -0.25) is 4.79 Å². The van der Waals surface area contributed by atoms with E-state index in [0.29, 0.717) is 13.1 Å². The van der Waals surface area contributed by atoms with Gasteiger partial charge in [0.2, 0.25) is 5.91 Å². The van der Waals surface area contributed by atoms with E-state index in [0.717, 1.165) is 32.4 Å². The molecule has 3 N–H and O–H groups in total. The Morgan fingerprint density at radius 3 is 2.95 bits per heavy atom. The Hall–Kier alpha value is -1.89. The first-order chi connectivity index (χ1) is 10.1. The third-order valence-electron chi connectivity index (χ3n) is 4.14. The maximum Gasteiger partial charge on any atom is 0.356 e. The number of nitrogens with one attached hydrogen (secondary N) is 2. The first-order valence-corrected chi connectivity index (χ1v) is 7.31. The van der Waals surface area contributed by atoms with Crippen molar-refractivity contribution in [2.45, 2.75) is 32.7 Å². The molecule has 1 aromatic rings. The SMILES string of the molecule is CCC1(C(=O)NCCn2cnc(C(=O)O)c2)CCCNC1. The van der Waals surface area contributed by atoms with Crippen LogP contribution in [0.1, 0.15) is 36.7 Å². The van der Waals surface area contributed by atoms with Crippen LogP contribution < -0.4 is 10.6 Å². The lowest BCUT2D eigenvalue weighted by Crippen LogP contribution is -2.50. The van der Waals surface area contributed by atoms with Crippen LogP contribution in [0.4, 0.5) is 0 Å². The standard InChI is InChI=1S/C14H22N4O3/c1-2-14(4-3-5-15-9-14)13(21)16-6-7-18-8-11(12(19)20)17-10-18/h8,10,15H,2-7,9H2,1H3,(H,16,21)(H,19,20). The summed E-state index contributed by atoms with van der Waals surface area (Å²) in [7, 11) is 0. The molecule has 0 spiro atoms. The van der Waals surface area contributed by atoms with Gasteiger partial charge in [-0.25, -0.2) is 9.78 Å². The Labute approximate surface area is 123 Å². The zero-order chi connectivity index (χ0) is 15.3. The molecule has 1 fully saturated rings. The van der Waals surface area contributed by atoms with Gasteiger partial charge in [0.25, 0.3) is 0 Å². The second-order valence-electron chi connectivity index (χ2n) is 5.47. The van der Waals surface area contributed by atoms with Gasteiger partial charge in [0.05, 0.1) is 11.7 Å². The summed E-state index contributed by atoms with van der Waals surface area (Å²) in [5.74, 6) is -0.966. The molecule has 7 heteroatoms. The molecule has 1 aromatic heterocycles. The predicted octanol–water partition coefficient (Wildman–Crippen LogP) is 0.477. The zero-order valence-electron chi connectivity index (χ0n) is 12.3. The molecule has 116 valence electrons. The summed E-state index contributed by atoms with van der Waals surface area (Å²) in [6, 6.07) is 0. The van der Waals surface area contributed by atoms with E-state index in [9.17, 15) is 9.59 Å². The second-order valence-corrected chi connectivity index (χ2v) is 5.47. The lowest BCUT2D eigenvalue weighted by Gasteiger charge is -2.35. The van der Waals surface area contributed by atoms with E-state index in [4.69, 9.17) is 5.11 Å². The van der Waals surface area contributed by atoms with E-state index in [2.05, 4.69) is 15.6 Å². The number of piperidine rings is 1. The van der Waals surface area contributed by atoms with Gasteiger partial charge < -0.3 is 20.3 Å². The fraction of sp³-hybridized carbons (Fsp3) is 0.643. The molecule has 1 aliphatic heterocycles. The summed E-state index contributed by atoms with van der Waals surface area (Å²) in [6.45, 7) is 4.72. The number of aromatic carboxylic acids is 1. The molecule has 1 saturated heterocycles. The average Bonchev–Trinajstić information content (AvgIpc) is 2.97. The minimum Gasteiger partial charge on any atom is -0.476 e. The number of carbonyl (C=O) groups is 2. The van der Waals surface area contributed by atoms with Crippen LogP contribution in [0, 0.1) is 5.41 Å². The molecule has 2 rings (SSSR count). The molecule has 0 saturated carbocycles. The van der Waals surface area contributed by atoms with Crippen LogP contribution in [-0.4, -0.2) is 46.2 Å². The van der Waals surface area contributed by atoms with Crippen molar-refractivity contribution >= 4 is 11.9 Å². The Morgan fingerprint density at radius 1 is 1.57 bits per heavy atom. The number of carboxylic acids is 1. The van der Waals surface area contributed by atoms with Gasteiger partial charge in [0, 0.05) is 25.8 Å². The molecule has 0 aromatic carbocycles. The van der Waals surface area contributed by atoms with Crippen LogP contribution in [0.2, 0.25) is 0 Å². The van der Waals surface area contributed by atoms with Crippen LogP contribution in [0.15, 0.2) is 12.5 Å². The van der Waals surface area contributed by atoms with Gasteiger partial charge in [-0.1, -0.05) is 6.92 Å². The Kier molecular flexibility index (Phi) is 4.95. The zero-order valence-corrected chi connectivity index (χ0v) is 12.3. The largest absolute Gasteiger partial charge is 0.476 e. The molecule has 1 atom stereocenters. The van der Waals surface area contributed by atoms with Crippen LogP contribution in [0.3, 0.4) is 0 Å². The van der Waals surface area contributed by atoms with Crippen LogP contribution >= 0.6 is 0 Å². The number of nitrogens with zero attached hydrogens (tertiary/aromatic N) is 2. The van der Waals surface area contributed by atoms with Crippen molar-refractivity contribution in [3.05, 3.63) is 18.2 Å². The maximum absolute atomic E-state index is 12.4. The molecule has 1 unspecified atom stereocenters. The number of carbonyl (C=O) groups excluding carboxylic acids is 1. The highest BCUT2D eigenvalue weighted by molar-refractivity contribution is 5.85. The number of aromatic nitrogens is 2. The topological polar surface area (TPSA) is 96.2 Å². The maximum atomic E-state index is 12.4. The highest BCUT2D eigenvalue weighted by Gasteiger charge is 2.37. The fourth-order valence-corrected chi connectivity index (χ4v) is 2.70. The summed E-state index contributed by atoms with van der Waals surface area (Å²) in [6.07, 6.45) is 5.68. The van der Waals surface area contributed by atoms with Crippen LogP contribution in [-0.2, 0) is 11.3 Å². The smallest absolute Gasteiger partial charge is 0.356 e. The van der Waals surface area contributed by atoms with E-state index >= 15 is 0 Å². The minimum atomic E-state index is -1.05. The quantitative estimate of drug-likeness (QED) is 0.709. The van der Waals surface area contributed by atoms with Crippen LogP contribution in [0.25, 0.3) is 0 Å². The van der Waals surface area contributed by atoms with Crippen molar-refractivity contribution in [2.75, 3.05) is 19.6 Å². The van der Waals surface area contributed by atoms with Gasteiger partial charge in [-0.2, -0.15) is 0 Å². The third-order valence-corrected chi connectivity index (χ3v) is 4.14. The number of hydrogen-bond acceptors (Lipinski definition) is 4. The second kappa shape index (κ2) is 6.71. The van der Waals surface area contributed by atoms with Gasteiger partial charge in [0.15, 0.2) is 5.69 Å². The first kappa shape index (κ1) is 15.5. The molecule has 2 heterocycles. The summed E-state index contributed by atoms with van der Waals surface area (Å²) in [5, 5.41) is 15.0. The van der Waals surface area contributed by atoms with E-state index in [1.807, 2.05) is 6.92 Å². The van der Waals surface area contributed by atoms with Gasteiger partial charge in [0.1, 0.15) is 0 Å². The monoisotopic (exact) mass is 294 g/mol. The summed E-state index contributed by atoms with van der Waals surface area (Å²) < 4.78 is 1.67. The number of hydrogen-bond donors (Lipinski definition) is 3. The van der Waals surface area contributed by atoms with E-state index in [1.54, 1.807) is 4.57 Å². The molecule has 0 radical (unpaired) electrons. The number of amides is 1. The van der Waals surface area contributed by atoms with Crippen molar-refractivity contribution in [2.24, 2.45) is 5.41 Å². The third kappa shape index (κ3) is 3.60. The normalized spacial score (nSPS) is 22.0. The van der Waals surface area contributed by atoms with E-state index in [-0.39, 0.29) is 17.0 Å². The lowest BCUT2D eigenvalue weighted by atomic mass is 9.77. The highest BCUT2D eigenvalue weighted by Crippen LogP contribution is 2.30. The van der Waals surface area contributed by atoms with E-state index in [1.165, 1.54) is 12.5 Å². The molecule has 1 amide bonds. The minimum absolute atomic E-state index is 0.0165. The molecule has 0 bridgehead atoms. The highest BCUT2D eigenvalue weighted by atomic mass is 16.4. The molecular formula is C14H22N4O3. The predicted molar refractivity (Wildman–Crippen MR) is 77.0 cm³/mol. The lowest BCUT2D eigenvalue weighted by molar-refractivity contribution is -0.132. The van der Waals surface area contributed by atoms with Crippen LogP contribution in [0.5, 0.6) is 0 Å². The summed E-state index contributed by atoms with van der Waals surface area (Å²) in [4.78, 5) is 26.9. The Balaban J connectivity index is 1.84. The molecule has 1 aliphatic rings. The van der Waals surface area contributed by atoms with Gasteiger partial charge in [-0.05, 0) is 25.8 Å². The van der Waals surface area contributed by atoms with Crippen molar-refractivity contribution in [1.29, 1.82) is 0 Å². The van der Waals surface area contributed by atoms with Crippen molar-refractivity contribution in [3.63, 3.8) is 0 Å². The van der Waals surface area contributed by atoms with Crippen molar-refractivity contribution in [3.8, 4) is 0 Å². The van der Waals surface area contributed by atoms with Gasteiger partial charge in [-0.15, -0.1) is 0 Å². The summed E-state index contributed by atoms with van der Waals surface area (Å²) in [5.41, 5.74) is -0.290. The summed E-state index contributed by atoms with van der Waals surface area (Å²) >= 11 is 0. The number of carboxylic acid groups (broad SMARTS) is 1. The fourth-order valence-electron chi connectivity index (χ4n) is 2.70. The molecule has 7 nitrogen and oxygen atoms in total. The Bertz CT molecular complexity index is 506. The Morgan fingerprint density at radius 2 is 2.38 bits per heavy atom. The molecular weight excluding hydrogens is 272 g/mol. The number of rotatable bonds is 6. The molecule has 21 heavy (non-hydrogen) atoms. The van der Waals surface area contributed by atoms with Crippen molar-refractivity contribution < 1.29 is 14.7 Å². The first-order valence-electron chi connectivity index (χ1n) is 7.31. The van der Waals surface area contributed by atoms with Crippen molar-refractivity contribution in [1.82, 2.24) is 20.2 Å². The average molecular weight is 294 g/mol. The van der Waals surface area contributed by atoms with Gasteiger partial charge >= 0.3 is 5.97 Å². The van der Waals surface area contributed by atoms with E-state index < -0.39 is 5.97 Å². The molecule has 0 aliphatic carbocycles. The number of imidazole rings is 1.